The van der Waals surface area contributed by atoms with Gasteiger partial charge in [-0.3, -0.25) is 4.79 Å². The quantitative estimate of drug-likeness (QED) is 0.256. The summed E-state index contributed by atoms with van der Waals surface area (Å²) in [7, 11) is 1.71. The van der Waals surface area contributed by atoms with Gasteiger partial charge in [-0.1, -0.05) is 28.9 Å². The van der Waals surface area contributed by atoms with E-state index in [1.165, 1.54) is 0 Å². The molecule has 4 aromatic rings. The molecule has 0 aliphatic carbocycles. The van der Waals surface area contributed by atoms with Crippen LogP contribution in [-0.2, 0) is 6.61 Å². The maximum absolute atomic E-state index is 12.7. The molecule has 7 heteroatoms. The molecule has 7 nitrogen and oxygen atoms in total. The van der Waals surface area contributed by atoms with Crippen LogP contribution in [-0.4, -0.2) is 24.1 Å². The van der Waals surface area contributed by atoms with Crippen LogP contribution < -0.4 is 14.4 Å². The molecule has 3 aromatic carbocycles. The van der Waals surface area contributed by atoms with Gasteiger partial charge >= 0.3 is 5.97 Å². The molecule has 0 atom stereocenters. The second kappa shape index (κ2) is 10.3. The lowest BCUT2D eigenvalue weighted by Gasteiger charge is -2.18. The Bertz CT molecular complexity index is 1320. The van der Waals surface area contributed by atoms with Crippen LogP contribution in [0.15, 0.2) is 77.3 Å². The number of aryl methyl sites for hydroxylation is 3. The molecule has 0 spiro atoms. The number of carbonyl (C=O) groups is 2. The summed E-state index contributed by atoms with van der Waals surface area (Å²) in [5.41, 5.74) is 4.39. The highest BCUT2D eigenvalue weighted by Crippen LogP contribution is 2.23. The minimum Gasteiger partial charge on any atom is -0.489 e. The Morgan fingerprint density at radius 2 is 1.60 bits per heavy atom. The van der Waals surface area contributed by atoms with Crippen molar-refractivity contribution in [1.82, 2.24) is 5.16 Å². The molecule has 35 heavy (non-hydrogen) atoms. The van der Waals surface area contributed by atoms with E-state index in [1.54, 1.807) is 72.6 Å². The van der Waals surface area contributed by atoms with E-state index < -0.39 is 5.97 Å². The number of nitrogens with zero attached hydrogens (tertiary/aromatic N) is 2. The molecule has 1 heterocycles. The Balaban J connectivity index is 1.39. The van der Waals surface area contributed by atoms with Crippen molar-refractivity contribution in [3.05, 3.63) is 107 Å². The number of hydrogen-bond donors (Lipinski definition) is 0. The van der Waals surface area contributed by atoms with Gasteiger partial charge in [-0.25, -0.2) is 4.79 Å². The van der Waals surface area contributed by atoms with Crippen molar-refractivity contribution in [3.63, 3.8) is 0 Å². The van der Waals surface area contributed by atoms with Crippen molar-refractivity contribution >= 4 is 17.6 Å². The molecule has 1 aromatic heterocycles. The summed E-state index contributed by atoms with van der Waals surface area (Å²) < 4.78 is 16.5. The largest absolute Gasteiger partial charge is 0.489 e. The van der Waals surface area contributed by atoms with Gasteiger partial charge in [-0.05, 0) is 75.4 Å². The number of benzene rings is 3. The van der Waals surface area contributed by atoms with E-state index in [2.05, 4.69) is 5.16 Å². The Labute approximate surface area is 203 Å². The predicted molar refractivity (Wildman–Crippen MR) is 132 cm³/mol. The molecule has 178 valence electrons. The van der Waals surface area contributed by atoms with Crippen LogP contribution >= 0.6 is 0 Å². The predicted octanol–water partition coefficient (Wildman–Crippen LogP) is 5.67. The third kappa shape index (κ3) is 5.58. The van der Waals surface area contributed by atoms with Crippen molar-refractivity contribution in [2.45, 2.75) is 27.4 Å². The fraction of sp³-hybridized carbons (Fsp3) is 0.179. The molecular formula is C28H26N2O5. The van der Waals surface area contributed by atoms with E-state index in [1.807, 2.05) is 32.9 Å². The van der Waals surface area contributed by atoms with E-state index in [0.717, 1.165) is 16.8 Å². The van der Waals surface area contributed by atoms with Crippen LogP contribution in [0.5, 0.6) is 11.5 Å². The summed E-state index contributed by atoms with van der Waals surface area (Å²) in [6.45, 7) is 5.94. The number of amides is 1. The van der Waals surface area contributed by atoms with Crippen LogP contribution in [0.1, 0.15) is 43.3 Å². The van der Waals surface area contributed by atoms with Gasteiger partial charge in [0.05, 0.1) is 16.8 Å². The monoisotopic (exact) mass is 470 g/mol. The first-order valence-corrected chi connectivity index (χ1v) is 11.1. The minimum atomic E-state index is -0.510. The molecule has 0 fully saturated rings. The second-order valence-electron chi connectivity index (χ2n) is 8.23. The molecule has 0 aliphatic rings. The summed E-state index contributed by atoms with van der Waals surface area (Å²) in [4.78, 5) is 27.0. The average molecular weight is 471 g/mol. The molecule has 0 saturated carbocycles. The first-order valence-electron chi connectivity index (χ1n) is 11.1. The Hall–Kier alpha value is -4.39. The highest BCUT2D eigenvalue weighted by molar-refractivity contribution is 6.05. The van der Waals surface area contributed by atoms with Gasteiger partial charge in [0.15, 0.2) is 0 Å². The van der Waals surface area contributed by atoms with Gasteiger partial charge in [-0.15, -0.1) is 0 Å². The van der Waals surface area contributed by atoms with Crippen molar-refractivity contribution in [1.29, 1.82) is 0 Å². The number of esters is 1. The van der Waals surface area contributed by atoms with Crippen molar-refractivity contribution in [2.75, 3.05) is 11.9 Å². The molecule has 0 saturated heterocycles. The van der Waals surface area contributed by atoms with Gasteiger partial charge in [0.2, 0.25) is 0 Å². The third-order valence-corrected chi connectivity index (χ3v) is 5.67. The third-order valence-electron chi connectivity index (χ3n) is 5.67. The van der Waals surface area contributed by atoms with E-state index in [9.17, 15) is 9.59 Å². The van der Waals surface area contributed by atoms with Crippen molar-refractivity contribution < 1.29 is 23.6 Å². The van der Waals surface area contributed by atoms with Crippen molar-refractivity contribution in [2.24, 2.45) is 0 Å². The molecule has 0 bridgehead atoms. The fourth-order valence-corrected chi connectivity index (χ4v) is 3.49. The topological polar surface area (TPSA) is 81.9 Å². The molecule has 0 N–H and O–H groups in total. The van der Waals surface area contributed by atoms with Gasteiger partial charge in [-0.2, -0.15) is 0 Å². The molecule has 1 amide bonds. The Kier molecular flexibility index (Phi) is 6.96. The number of rotatable bonds is 7. The maximum Gasteiger partial charge on any atom is 0.343 e. The van der Waals surface area contributed by atoms with Gasteiger partial charge in [0.1, 0.15) is 23.9 Å². The highest BCUT2D eigenvalue weighted by atomic mass is 16.5. The lowest BCUT2D eigenvalue weighted by molar-refractivity contribution is 0.0734. The summed E-state index contributed by atoms with van der Waals surface area (Å²) in [6.07, 6.45) is 0. The molecule has 4 rings (SSSR count). The van der Waals surface area contributed by atoms with E-state index in [4.69, 9.17) is 14.0 Å². The highest BCUT2D eigenvalue weighted by Gasteiger charge is 2.15. The fourth-order valence-electron chi connectivity index (χ4n) is 3.49. The van der Waals surface area contributed by atoms with Crippen LogP contribution in [0.2, 0.25) is 0 Å². The Morgan fingerprint density at radius 3 is 2.26 bits per heavy atom. The summed E-state index contributed by atoms with van der Waals surface area (Å²) in [6, 6.07) is 21.0. The second-order valence-corrected chi connectivity index (χ2v) is 8.23. The zero-order chi connectivity index (χ0) is 24.9. The van der Waals surface area contributed by atoms with Gasteiger partial charge < -0.3 is 18.9 Å². The van der Waals surface area contributed by atoms with Crippen molar-refractivity contribution in [3.8, 4) is 11.5 Å². The van der Waals surface area contributed by atoms with Crippen LogP contribution in [0.25, 0.3) is 0 Å². The number of anilines is 1. The minimum absolute atomic E-state index is 0.122. The number of hydrogen-bond acceptors (Lipinski definition) is 6. The molecular weight excluding hydrogens is 444 g/mol. The van der Waals surface area contributed by atoms with Crippen LogP contribution in [0.3, 0.4) is 0 Å². The van der Waals surface area contributed by atoms with E-state index in [0.29, 0.717) is 34.1 Å². The van der Waals surface area contributed by atoms with Crippen LogP contribution in [0.4, 0.5) is 5.69 Å². The lowest BCUT2D eigenvalue weighted by Crippen LogP contribution is -2.26. The van der Waals surface area contributed by atoms with Gasteiger partial charge in [0, 0.05) is 18.3 Å². The normalized spacial score (nSPS) is 10.6. The Morgan fingerprint density at radius 1 is 0.886 bits per heavy atom. The molecule has 0 radical (unpaired) electrons. The van der Waals surface area contributed by atoms with Crippen LogP contribution in [0, 0.1) is 20.8 Å². The first kappa shape index (κ1) is 23.8. The lowest BCUT2D eigenvalue weighted by atomic mass is 10.1. The summed E-state index contributed by atoms with van der Waals surface area (Å²) in [5, 5.41) is 3.92. The SMILES string of the molecule is Cc1ccc(C(=O)N(C)c2ccc(OC(=O)c3cccc(OCc4c(C)noc4C)c3)cc2)cc1. The first-order chi connectivity index (χ1) is 16.8. The van der Waals surface area contributed by atoms with Gasteiger partial charge in [0.25, 0.3) is 5.91 Å². The van der Waals surface area contributed by atoms with E-state index in [-0.39, 0.29) is 12.5 Å². The maximum atomic E-state index is 12.7. The number of ether oxygens (including phenoxy) is 2. The molecule has 0 unspecified atom stereocenters. The summed E-state index contributed by atoms with van der Waals surface area (Å²) >= 11 is 0. The number of aromatic nitrogens is 1. The average Bonchev–Trinajstić information content (AvgIpc) is 3.19. The number of carbonyl (C=O) groups excluding carboxylic acids is 2. The zero-order valence-electron chi connectivity index (χ0n) is 20.1. The van der Waals surface area contributed by atoms with E-state index >= 15 is 0 Å². The standard InChI is InChI=1S/C28H26N2O5/c1-18-8-10-21(11-9-18)27(31)30(4)23-12-14-24(15-13-23)34-28(32)22-6-5-7-25(16-22)33-17-26-19(2)29-35-20(26)3/h5-16H,17H2,1-4H3. The molecule has 0 aliphatic heterocycles. The zero-order valence-corrected chi connectivity index (χ0v) is 20.1. The smallest absolute Gasteiger partial charge is 0.343 e. The summed E-state index contributed by atoms with van der Waals surface area (Å²) in [5.74, 6) is 0.975.